The fourth-order valence-electron chi connectivity index (χ4n) is 4.56. The zero-order valence-electron chi connectivity index (χ0n) is 19.0. The Labute approximate surface area is 186 Å². The molecule has 170 valence electrons. The van der Waals surface area contributed by atoms with E-state index in [1.807, 2.05) is 6.07 Å². The Kier molecular flexibility index (Phi) is 5.83. The summed E-state index contributed by atoms with van der Waals surface area (Å²) < 4.78 is 2.21. The van der Waals surface area contributed by atoms with Crippen molar-refractivity contribution < 1.29 is 15.0 Å². The third kappa shape index (κ3) is 3.91. The second kappa shape index (κ2) is 8.44. The molecule has 0 saturated heterocycles. The monoisotopic (exact) mass is 438 g/mol. The number of H-pyrrole nitrogens is 1. The van der Waals surface area contributed by atoms with Gasteiger partial charge in [0.1, 0.15) is 5.75 Å². The molecule has 0 amide bonds. The number of pyridine rings is 1. The van der Waals surface area contributed by atoms with Crippen molar-refractivity contribution in [2.24, 2.45) is 7.05 Å². The van der Waals surface area contributed by atoms with E-state index in [1.54, 1.807) is 0 Å². The second-order valence-electron chi connectivity index (χ2n) is 8.99. The maximum atomic E-state index is 12.4. The Morgan fingerprint density at radius 2 is 1.91 bits per heavy atom. The molecular formula is C24H30N4O4. The van der Waals surface area contributed by atoms with Gasteiger partial charge in [0.2, 0.25) is 0 Å². The number of aromatic amines is 1. The number of aromatic carboxylic acids is 1. The van der Waals surface area contributed by atoms with Crippen molar-refractivity contribution in [1.82, 2.24) is 19.4 Å². The molecule has 2 heterocycles. The third-order valence-corrected chi connectivity index (χ3v) is 6.37. The van der Waals surface area contributed by atoms with Gasteiger partial charge in [-0.05, 0) is 64.2 Å². The molecule has 0 atom stereocenters. The standard InChI is InChI=1S/C24H30N4O4/c1-26(2)8-9-27(3)13-16-10-15-11-18-14(12-19(15)28(16)4)6-5-7-17-21(18)25-23(30)20(22(17)29)24(31)32/h10-12H,5-9,13H2,1-4H3,(H,31,32)(H2,25,29,30). The van der Waals surface area contributed by atoms with Gasteiger partial charge in [0.05, 0.1) is 5.69 Å². The van der Waals surface area contributed by atoms with E-state index in [1.165, 1.54) is 5.69 Å². The van der Waals surface area contributed by atoms with Crippen LogP contribution in [0.4, 0.5) is 0 Å². The number of hydrogen-bond acceptors (Lipinski definition) is 5. The number of carbonyl (C=O) groups is 1. The summed E-state index contributed by atoms with van der Waals surface area (Å²) in [5, 5.41) is 21.0. The first-order chi connectivity index (χ1) is 15.2. The Morgan fingerprint density at radius 3 is 2.59 bits per heavy atom. The highest BCUT2D eigenvalue weighted by Gasteiger charge is 2.26. The van der Waals surface area contributed by atoms with Crippen LogP contribution in [0.3, 0.4) is 0 Å². The van der Waals surface area contributed by atoms with E-state index in [-0.39, 0.29) is 0 Å². The summed E-state index contributed by atoms with van der Waals surface area (Å²) in [6, 6.07) is 6.37. The molecule has 1 aliphatic carbocycles. The summed E-state index contributed by atoms with van der Waals surface area (Å²) in [5.74, 6) is -1.84. The Bertz CT molecular complexity index is 1260. The molecule has 0 fully saturated rings. The first-order valence-corrected chi connectivity index (χ1v) is 10.8. The SMILES string of the molecule is CN(C)CCN(C)Cc1cc2cc3c(cc2n1C)CCCc1c-3[nH]c(=O)c(C(=O)O)c1O. The van der Waals surface area contributed by atoms with E-state index in [0.717, 1.165) is 54.5 Å². The molecule has 0 aliphatic heterocycles. The van der Waals surface area contributed by atoms with Crippen LogP contribution in [0.15, 0.2) is 23.0 Å². The van der Waals surface area contributed by atoms with Crippen LogP contribution in [0.2, 0.25) is 0 Å². The molecule has 0 radical (unpaired) electrons. The highest BCUT2D eigenvalue weighted by atomic mass is 16.4. The van der Waals surface area contributed by atoms with E-state index in [9.17, 15) is 19.8 Å². The van der Waals surface area contributed by atoms with Crippen molar-refractivity contribution in [2.75, 3.05) is 34.2 Å². The van der Waals surface area contributed by atoms with Gasteiger partial charge in [-0.1, -0.05) is 0 Å². The number of carboxylic acids is 1. The van der Waals surface area contributed by atoms with Crippen LogP contribution >= 0.6 is 0 Å². The van der Waals surface area contributed by atoms with Crippen molar-refractivity contribution >= 4 is 16.9 Å². The fraction of sp³-hybridized carbons (Fsp3) is 0.417. The highest BCUT2D eigenvalue weighted by Crippen LogP contribution is 2.38. The van der Waals surface area contributed by atoms with Crippen LogP contribution in [0, 0.1) is 0 Å². The lowest BCUT2D eigenvalue weighted by atomic mass is 9.98. The number of nitrogens with zero attached hydrogens (tertiary/aromatic N) is 3. The molecular weight excluding hydrogens is 408 g/mol. The lowest BCUT2D eigenvalue weighted by Crippen LogP contribution is -2.28. The minimum absolute atomic E-state index is 0.416. The van der Waals surface area contributed by atoms with Gasteiger partial charge < -0.3 is 24.7 Å². The second-order valence-corrected chi connectivity index (χ2v) is 8.99. The number of aromatic nitrogens is 2. The molecule has 8 heteroatoms. The lowest BCUT2D eigenvalue weighted by Gasteiger charge is -2.19. The molecule has 0 bridgehead atoms. The molecule has 4 rings (SSSR count). The molecule has 0 spiro atoms. The smallest absolute Gasteiger partial charge is 0.345 e. The summed E-state index contributed by atoms with van der Waals surface area (Å²) in [6.07, 6.45) is 2.05. The minimum atomic E-state index is -1.42. The number of rotatable bonds is 6. The first-order valence-electron chi connectivity index (χ1n) is 10.8. The van der Waals surface area contributed by atoms with Crippen LogP contribution < -0.4 is 5.56 Å². The van der Waals surface area contributed by atoms with Gasteiger partial charge in [0.15, 0.2) is 5.56 Å². The van der Waals surface area contributed by atoms with Crippen LogP contribution in [0.25, 0.3) is 22.2 Å². The Hall–Kier alpha value is -3.10. The quantitative estimate of drug-likeness (QED) is 0.546. The number of carboxylic acid groups (broad SMARTS) is 1. The molecule has 1 aromatic carbocycles. The van der Waals surface area contributed by atoms with Gasteiger partial charge in [-0.15, -0.1) is 0 Å². The number of benzene rings is 1. The van der Waals surface area contributed by atoms with Crippen molar-refractivity contribution in [3.8, 4) is 17.0 Å². The number of fused-ring (bicyclic) bond motifs is 4. The van der Waals surface area contributed by atoms with Crippen LogP contribution in [-0.4, -0.2) is 69.8 Å². The summed E-state index contributed by atoms with van der Waals surface area (Å²) in [7, 11) is 8.32. The predicted molar refractivity (Wildman–Crippen MR) is 125 cm³/mol. The zero-order chi connectivity index (χ0) is 23.2. The van der Waals surface area contributed by atoms with Gasteiger partial charge >= 0.3 is 5.97 Å². The summed E-state index contributed by atoms with van der Waals surface area (Å²) in [4.78, 5) is 31.1. The average Bonchev–Trinajstić information content (AvgIpc) is 2.89. The topological polar surface area (TPSA) is 102 Å². The molecule has 0 unspecified atom stereocenters. The maximum absolute atomic E-state index is 12.4. The van der Waals surface area contributed by atoms with Crippen LogP contribution in [0.5, 0.6) is 5.75 Å². The van der Waals surface area contributed by atoms with Gasteiger partial charge in [-0.2, -0.15) is 0 Å². The highest BCUT2D eigenvalue weighted by molar-refractivity contribution is 5.93. The number of hydrogen-bond donors (Lipinski definition) is 3. The average molecular weight is 439 g/mol. The molecule has 1 aliphatic rings. The largest absolute Gasteiger partial charge is 0.506 e. The van der Waals surface area contributed by atoms with Gasteiger partial charge in [0.25, 0.3) is 5.56 Å². The number of likely N-dealkylation sites (N-methyl/N-ethyl adjacent to an activating group) is 2. The van der Waals surface area contributed by atoms with Gasteiger partial charge in [-0.25, -0.2) is 4.79 Å². The summed E-state index contributed by atoms with van der Waals surface area (Å²) in [6.45, 7) is 2.77. The number of nitrogens with one attached hydrogen (secondary N) is 1. The third-order valence-electron chi connectivity index (χ3n) is 6.37. The van der Waals surface area contributed by atoms with E-state index in [2.05, 4.69) is 59.7 Å². The first kappa shape index (κ1) is 22.1. The van der Waals surface area contributed by atoms with Crippen molar-refractivity contribution in [2.45, 2.75) is 25.8 Å². The Balaban J connectivity index is 1.80. The maximum Gasteiger partial charge on any atom is 0.345 e. The number of aryl methyl sites for hydroxylation is 2. The number of aromatic hydroxyl groups is 1. The van der Waals surface area contributed by atoms with E-state index in [0.29, 0.717) is 17.7 Å². The lowest BCUT2D eigenvalue weighted by molar-refractivity contribution is 0.0691. The van der Waals surface area contributed by atoms with E-state index in [4.69, 9.17) is 0 Å². The summed E-state index contributed by atoms with van der Waals surface area (Å²) in [5.41, 5.74) is 3.92. The van der Waals surface area contributed by atoms with Crippen molar-refractivity contribution in [3.63, 3.8) is 0 Å². The van der Waals surface area contributed by atoms with Crippen LogP contribution in [-0.2, 0) is 26.4 Å². The van der Waals surface area contributed by atoms with Crippen LogP contribution in [0.1, 0.15) is 33.6 Å². The van der Waals surface area contributed by atoms with Gasteiger partial charge in [0, 0.05) is 54.4 Å². The fourth-order valence-corrected chi connectivity index (χ4v) is 4.56. The van der Waals surface area contributed by atoms with Crippen molar-refractivity contribution in [1.29, 1.82) is 0 Å². The van der Waals surface area contributed by atoms with Crippen molar-refractivity contribution in [3.05, 3.63) is 50.9 Å². The van der Waals surface area contributed by atoms with E-state index < -0.39 is 22.8 Å². The molecule has 32 heavy (non-hydrogen) atoms. The molecule has 8 nitrogen and oxygen atoms in total. The molecule has 3 N–H and O–H groups in total. The minimum Gasteiger partial charge on any atom is -0.506 e. The molecule has 0 saturated carbocycles. The Morgan fingerprint density at radius 1 is 1.16 bits per heavy atom. The predicted octanol–water partition coefficient (Wildman–Crippen LogP) is 2.42. The zero-order valence-corrected chi connectivity index (χ0v) is 19.0. The normalized spacial score (nSPS) is 13.4. The van der Waals surface area contributed by atoms with E-state index >= 15 is 0 Å². The molecule has 2 aromatic heterocycles. The summed E-state index contributed by atoms with van der Waals surface area (Å²) >= 11 is 0. The molecule has 3 aromatic rings. The van der Waals surface area contributed by atoms with Gasteiger partial charge in [-0.3, -0.25) is 9.69 Å².